The molecule has 0 bridgehead atoms. The second-order valence-electron chi connectivity index (χ2n) is 5.13. The maximum Gasteiger partial charge on any atom is 0.254 e. The quantitative estimate of drug-likeness (QED) is 0.869. The summed E-state index contributed by atoms with van der Waals surface area (Å²) in [6.07, 6.45) is 7.38. The smallest absolute Gasteiger partial charge is 0.254 e. The molecule has 5 heteroatoms. The molecule has 19 heavy (non-hydrogen) atoms. The van der Waals surface area contributed by atoms with Crippen molar-refractivity contribution in [1.29, 1.82) is 0 Å². The lowest BCUT2D eigenvalue weighted by atomic mass is 9.86. The zero-order valence-corrected chi connectivity index (χ0v) is 11.1. The molecule has 0 aliphatic heterocycles. The molecule has 0 radical (unpaired) electrons. The number of nitrogens with one attached hydrogen (secondary N) is 2. The molecule has 0 saturated heterocycles. The third kappa shape index (κ3) is 3.84. The van der Waals surface area contributed by atoms with E-state index in [0.29, 0.717) is 11.5 Å². The lowest BCUT2D eigenvalue weighted by Crippen LogP contribution is -2.45. The molecule has 2 N–H and O–H groups in total. The van der Waals surface area contributed by atoms with Crippen molar-refractivity contribution in [2.24, 2.45) is 5.92 Å². The van der Waals surface area contributed by atoms with E-state index in [-0.39, 0.29) is 24.4 Å². The van der Waals surface area contributed by atoms with Gasteiger partial charge in [0.25, 0.3) is 5.91 Å². The van der Waals surface area contributed by atoms with Crippen LogP contribution < -0.4 is 10.6 Å². The first-order valence-corrected chi connectivity index (χ1v) is 6.76. The molecule has 1 fully saturated rings. The third-order valence-corrected chi connectivity index (χ3v) is 3.65. The van der Waals surface area contributed by atoms with Crippen molar-refractivity contribution in [1.82, 2.24) is 10.6 Å². The van der Waals surface area contributed by atoms with Gasteiger partial charge in [-0.05, 0) is 24.8 Å². The zero-order valence-electron chi connectivity index (χ0n) is 11.1. The van der Waals surface area contributed by atoms with Crippen LogP contribution in [-0.4, -0.2) is 24.4 Å². The molecule has 2 amide bonds. The Labute approximate surface area is 112 Å². The molecule has 1 aliphatic rings. The molecule has 0 unspecified atom stereocenters. The first-order chi connectivity index (χ1) is 9.16. The summed E-state index contributed by atoms with van der Waals surface area (Å²) in [5, 5.41) is 5.57. The molecule has 0 aromatic carbocycles. The standard InChI is InChI=1S/C14H20N2O3/c1-10-4-2-3-5-12(10)16-13(17)8-15-14(18)11-6-7-19-9-11/h6-7,9-10,12H,2-5,8H2,1H3,(H,15,18)(H,16,17)/t10-,12-/m1/s1. The van der Waals surface area contributed by atoms with E-state index < -0.39 is 0 Å². The molecular weight excluding hydrogens is 244 g/mol. The number of furan rings is 1. The van der Waals surface area contributed by atoms with Crippen molar-refractivity contribution >= 4 is 11.8 Å². The number of rotatable bonds is 4. The van der Waals surface area contributed by atoms with Gasteiger partial charge in [-0.15, -0.1) is 0 Å². The van der Waals surface area contributed by atoms with Crippen molar-refractivity contribution in [3.05, 3.63) is 24.2 Å². The average molecular weight is 264 g/mol. The molecule has 0 spiro atoms. The lowest BCUT2D eigenvalue weighted by molar-refractivity contribution is -0.121. The summed E-state index contributed by atoms with van der Waals surface area (Å²) in [5.41, 5.74) is 0.429. The Hall–Kier alpha value is -1.78. The Kier molecular flexibility index (Phi) is 4.60. The van der Waals surface area contributed by atoms with Gasteiger partial charge in [0.1, 0.15) is 6.26 Å². The van der Waals surface area contributed by atoms with Gasteiger partial charge in [0.2, 0.25) is 5.91 Å². The molecule has 2 atom stereocenters. The minimum Gasteiger partial charge on any atom is -0.472 e. The maximum absolute atomic E-state index is 11.8. The summed E-state index contributed by atoms with van der Waals surface area (Å²) in [4.78, 5) is 23.4. The summed E-state index contributed by atoms with van der Waals surface area (Å²) in [6.45, 7) is 2.17. The molecule has 1 saturated carbocycles. The van der Waals surface area contributed by atoms with E-state index in [9.17, 15) is 9.59 Å². The number of carbonyl (C=O) groups excluding carboxylic acids is 2. The molecule has 1 heterocycles. The van der Waals surface area contributed by atoms with Crippen LogP contribution in [0.5, 0.6) is 0 Å². The van der Waals surface area contributed by atoms with Crippen molar-refractivity contribution in [2.75, 3.05) is 6.54 Å². The van der Waals surface area contributed by atoms with E-state index in [1.807, 2.05) is 0 Å². The van der Waals surface area contributed by atoms with Crippen LogP contribution in [0, 0.1) is 5.92 Å². The van der Waals surface area contributed by atoms with Gasteiger partial charge in [-0.2, -0.15) is 0 Å². The second kappa shape index (κ2) is 6.41. The zero-order chi connectivity index (χ0) is 13.7. The monoisotopic (exact) mass is 264 g/mol. The van der Waals surface area contributed by atoms with Gasteiger partial charge < -0.3 is 15.1 Å². The fraction of sp³-hybridized carbons (Fsp3) is 0.571. The molecule has 1 aromatic heterocycles. The SMILES string of the molecule is C[C@@H]1CCCC[C@H]1NC(=O)CNC(=O)c1ccoc1. The molecular formula is C14H20N2O3. The molecule has 1 aliphatic carbocycles. The summed E-state index contributed by atoms with van der Waals surface area (Å²) >= 11 is 0. The predicted molar refractivity (Wildman–Crippen MR) is 70.6 cm³/mol. The predicted octanol–water partition coefficient (Wildman–Crippen LogP) is 1.70. The summed E-state index contributed by atoms with van der Waals surface area (Å²) in [5.74, 6) is 0.0958. The van der Waals surface area contributed by atoms with Gasteiger partial charge >= 0.3 is 0 Å². The first-order valence-electron chi connectivity index (χ1n) is 6.76. The Morgan fingerprint density at radius 2 is 2.16 bits per heavy atom. The van der Waals surface area contributed by atoms with E-state index in [2.05, 4.69) is 17.6 Å². The highest BCUT2D eigenvalue weighted by Gasteiger charge is 2.22. The minimum absolute atomic E-state index is 0.00718. The van der Waals surface area contributed by atoms with E-state index >= 15 is 0 Å². The minimum atomic E-state index is -0.291. The van der Waals surface area contributed by atoms with Crippen LogP contribution in [-0.2, 0) is 4.79 Å². The van der Waals surface area contributed by atoms with Gasteiger partial charge in [-0.3, -0.25) is 9.59 Å². The van der Waals surface area contributed by atoms with Crippen LogP contribution in [0.4, 0.5) is 0 Å². The number of hydrogen-bond acceptors (Lipinski definition) is 3. The van der Waals surface area contributed by atoms with Gasteiger partial charge in [-0.25, -0.2) is 0 Å². The Balaban J connectivity index is 1.74. The Morgan fingerprint density at radius 3 is 2.84 bits per heavy atom. The number of carbonyl (C=O) groups is 2. The van der Waals surface area contributed by atoms with Crippen molar-refractivity contribution in [3.8, 4) is 0 Å². The molecule has 104 valence electrons. The topological polar surface area (TPSA) is 71.3 Å². The van der Waals surface area contributed by atoms with Crippen LogP contribution in [0.2, 0.25) is 0 Å². The van der Waals surface area contributed by atoms with Crippen molar-refractivity contribution in [2.45, 2.75) is 38.6 Å². The third-order valence-electron chi connectivity index (χ3n) is 3.65. The van der Waals surface area contributed by atoms with E-state index in [4.69, 9.17) is 4.42 Å². The summed E-state index contributed by atoms with van der Waals surface area (Å²) < 4.78 is 4.82. The van der Waals surface area contributed by atoms with Crippen LogP contribution >= 0.6 is 0 Å². The highest BCUT2D eigenvalue weighted by Crippen LogP contribution is 2.23. The van der Waals surface area contributed by atoms with Crippen LogP contribution in [0.3, 0.4) is 0 Å². The number of amides is 2. The van der Waals surface area contributed by atoms with Crippen LogP contribution in [0.25, 0.3) is 0 Å². The lowest BCUT2D eigenvalue weighted by Gasteiger charge is -2.29. The summed E-state index contributed by atoms with van der Waals surface area (Å²) in [7, 11) is 0. The van der Waals surface area contributed by atoms with Crippen LogP contribution in [0.15, 0.2) is 23.0 Å². The van der Waals surface area contributed by atoms with Crippen LogP contribution in [0.1, 0.15) is 43.0 Å². The highest BCUT2D eigenvalue weighted by atomic mass is 16.3. The second-order valence-corrected chi connectivity index (χ2v) is 5.13. The summed E-state index contributed by atoms with van der Waals surface area (Å²) in [6, 6.07) is 1.81. The first kappa shape index (κ1) is 13.6. The van der Waals surface area contributed by atoms with E-state index in [1.54, 1.807) is 6.07 Å². The van der Waals surface area contributed by atoms with Gasteiger partial charge in [-0.1, -0.05) is 19.8 Å². The van der Waals surface area contributed by atoms with Crippen molar-refractivity contribution < 1.29 is 14.0 Å². The fourth-order valence-electron chi connectivity index (χ4n) is 2.44. The fourth-order valence-corrected chi connectivity index (χ4v) is 2.44. The van der Waals surface area contributed by atoms with Gasteiger partial charge in [0, 0.05) is 6.04 Å². The Bertz CT molecular complexity index is 428. The molecule has 2 rings (SSSR count). The average Bonchev–Trinajstić information content (AvgIpc) is 2.93. The number of hydrogen-bond donors (Lipinski definition) is 2. The van der Waals surface area contributed by atoms with E-state index in [0.717, 1.165) is 19.3 Å². The normalized spacial score (nSPS) is 22.8. The van der Waals surface area contributed by atoms with Crippen molar-refractivity contribution in [3.63, 3.8) is 0 Å². The molecule has 1 aromatic rings. The largest absolute Gasteiger partial charge is 0.472 e. The Morgan fingerprint density at radius 1 is 1.37 bits per heavy atom. The van der Waals surface area contributed by atoms with Gasteiger partial charge in [0.05, 0.1) is 18.4 Å². The van der Waals surface area contributed by atoms with Gasteiger partial charge in [0.15, 0.2) is 0 Å². The van der Waals surface area contributed by atoms with E-state index in [1.165, 1.54) is 18.9 Å². The highest BCUT2D eigenvalue weighted by molar-refractivity contribution is 5.96. The maximum atomic E-state index is 11.8. The molecule has 5 nitrogen and oxygen atoms in total.